The van der Waals surface area contributed by atoms with Crippen molar-refractivity contribution in [3.05, 3.63) is 99.8 Å². The number of benzene rings is 2. The highest BCUT2D eigenvalue weighted by atomic mass is 35.5. The summed E-state index contributed by atoms with van der Waals surface area (Å²) in [6.07, 6.45) is 1.67. The SMILES string of the molecule is Cc1ccc(NC(=O)c2ccc(NC3=C(Cl)C(=O)c4ccccc4C3=O)cc2)nc1. The fourth-order valence-corrected chi connectivity index (χ4v) is 3.27. The van der Waals surface area contributed by atoms with Gasteiger partial charge >= 0.3 is 0 Å². The van der Waals surface area contributed by atoms with Crippen LogP contribution in [0.3, 0.4) is 0 Å². The maximum atomic E-state index is 12.8. The van der Waals surface area contributed by atoms with Crippen LogP contribution in [0.5, 0.6) is 0 Å². The lowest BCUT2D eigenvalue weighted by Crippen LogP contribution is -2.24. The molecule has 6 nitrogen and oxygen atoms in total. The van der Waals surface area contributed by atoms with Crippen LogP contribution in [-0.2, 0) is 0 Å². The van der Waals surface area contributed by atoms with Gasteiger partial charge in [0.15, 0.2) is 0 Å². The maximum Gasteiger partial charge on any atom is 0.256 e. The van der Waals surface area contributed by atoms with Gasteiger partial charge in [0.1, 0.15) is 16.5 Å². The summed E-state index contributed by atoms with van der Waals surface area (Å²) >= 11 is 6.16. The Kier molecular flexibility index (Phi) is 5.16. The van der Waals surface area contributed by atoms with Gasteiger partial charge in [-0.2, -0.15) is 0 Å². The van der Waals surface area contributed by atoms with E-state index in [1.165, 1.54) is 0 Å². The van der Waals surface area contributed by atoms with E-state index in [1.54, 1.807) is 60.8 Å². The zero-order valence-corrected chi connectivity index (χ0v) is 16.7. The number of halogens is 1. The van der Waals surface area contributed by atoms with Crippen LogP contribution in [0.4, 0.5) is 11.5 Å². The molecule has 1 amide bonds. The molecule has 7 heteroatoms. The summed E-state index contributed by atoms with van der Waals surface area (Å²) in [6, 6.07) is 16.6. The Morgan fingerprint density at radius 2 is 1.57 bits per heavy atom. The largest absolute Gasteiger partial charge is 0.351 e. The topological polar surface area (TPSA) is 88.2 Å². The van der Waals surface area contributed by atoms with Crippen molar-refractivity contribution in [2.24, 2.45) is 0 Å². The van der Waals surface area contributed by atoms with E-state index in [9.17, 15) is 14.4 Å². The van der Waals surface area contributed by atoms with Crippen molar-refractivity contribution in [2.75, 3.05) is 10.6 Å². The van der Waals surface area contributed by atoms with Crippen LogP contribution in [0.25, 0.3) is 0 Å². The van der Waals surface area contributed by atoms with Gasteiger partial charge in [0.05, 0.1) is 0 Å². The van der Waals surface area contributed by atoms with Crippen LogP contribution in [0.15, 0.2) is 77.6 Å². The number of aromatic nitrogens is 1. The Labute approximate surface area is 177 Å². The number of Topliss-reactive ketones (excluding diaryl/α,β-unsaturated/α-hetero) is 2. The molecule has 0 unspecified atom stereocenters. The number of amides is 1. The highest BCUT2D eigenvalue weighted by molar-refractivity contribution is 6.50. The highest BCUT2D eigenvalue weighted by Gasteiger charge is 2.31. The van der Waals surface area contributed by atoms with Crippen LogP contribution < -0.4 is 10.6 Å². The third kappa shape index (κ3) is 3.73. The van der Waals surface area contributed by atoms with E-state index in [0.29, 0.717) is 22.6 Å². The van der Waals surface area contributed by atoms with E-state index in [-0.39, 0.29) is 28.0 Å². The second-order valence-corrected chi connectivity index (χ2v) is 7.15. The first kappa shape index (κ1) is 19.5. The van der Waals surface area contributed by atoms with Gasteiger partial charge in [0, 0.05) is 28.6 Å². The number of hydrogen-bond donors (Lipinski definition) is 2. The minimum absolute atomic E-state index is 0.0152. The molecule has 1 aliphatic carbocycles. The Hall–Kier alpha value is -3.77. The van der Waals surface area contributed by atoms with Crippen molar-refractivity contribution in [1.82, 2.24) is 4.98 Å². The number of pyridine rings is 1. The lowest BCUT2D eigenvalue weighted by atomic mass is 9.92. The number of hydrogen-bond acceptors (Lipinski definition) is 5. The second kappa shape index (κ2) is 7.93. The number of aryl methyl sites for hydroxylation is 1. The van der Waals surface area contributed by atoms with E-state index >= 15 is 0 Å². The first-order chi connectivity index (χ1) is 14.4. The quantitative estimate of drug-likeness (QED) is 0.648. The Bertz CT molecular complexity index is 1200. The molecular weight excluding hydrogens is 402 g/mol. The lowest BCUT2D eigenvalue weighted by molar-refractivity contribution is 0.0982. The van der Waals surface area contributed by atoms with E-state index in [0.717, 1.165) is 5.56 Å². The van der Waals surface area contributed by atoms with Crippen LogP contribution in [0.1, 0.15) is 36.6 Å². The van der Waals surface area contributed by atoms with Crippen molar-refractivity contribution in [2.45, 2.75) is 6.92 Å². The number of allylic oxidation sites excluding steroid dienone is 2. The average molecular weight is 418 g/mol. The number of nitrogens with zero attached hydrogens (tertiary/aromatic N) is 1. The van der Waals surface area contributed by atoms with Gasteiger partial charge < -0.3 is 10.6 Å². The number of carbonyl (C=O) groups is 3. The third-order valence-corrected chi connectivity index (χ3v) is 4.99. The minimum atomic E-state index is -0.407. The number of rotatable bonds is 4. The summed E-state index contributed by atoms with van der Waals surface area (Å²) in [4.78, 5) is 41.7. The molecule has 0 saturated carbocycles. The minimum Gasteiger partial charge on any atom is -0.351 e. The molecule has 0 radical (unpaired) electrons. The average Bonchev–Trinajstić information content (AvgIpc) is 2.77. The molecule has 1 heterocycles. The van der Waals surface area contributed by atoms with E-state index in [1.807, 2.05) is 13.0 Å². The highest BCUT2D eigenvalue weighted by Crippen LogP contribution is 2.29. The summed E-state index contributed by atoms with van der Waals surface area (Å²) in [5, 5.41) is 5.46. The van der Waals surface area contributed by atoms with Gasteiger partial charge in [-0.1, -0.05) is 41.9 Å². The summed E-state index contributed by atoms with van der Waals surface area (Å²) < 4.78 is 0. The summed E-state index contributed by atoms with van der Waals surface area (Å²) in [7, 11) is 0. The molecule has 0 fully saturated rings. The molecule has 2 N–H and O–H groups in total. The van der Waals surface area contributed by atoms with Crippen molar-refractivity contribution in [3.8, 4) is 0 Å². The molecular formula is C23H16ClN3O3. The number of anilines is 2. The molecule has 2 aromatic carbocycles. The molecule has 1 aromatic heterocycles. The normalized spacial score (nSPS) is 13.1. The zero-order valence-electron chi connectivity index (χ0n) is 15.9. The maximum absolute atomic E-state index is 12.8. The van der Waals surface area contributed by atoms with E-state index in [2.05, 4.69) is 15.6 Å². The van der Waals surface area contributed by atoms with Gasteiger partial charge in [0.25, 0.3) is 5.91 Å². The first-order valence-corrected chi connectivity index (χ1v) is 9.51. The van der Waals surface area contributed by atoms with Crippen LogP contribution in [0, 0.1) is 6.92 Å². The predicted octanol–water partition coefficient (Wildman–Crippen LogP) is 4.58. The molecule has 30 heavy (non-hydrogen) atoms. The fourth-order valence-electron chi connectivity index (χ4n) is 3.04. The first-order valence-electron chi connectivity index (χ1n) is 9.13. The standard InChI is InChI=1S/C23H16ClN3O3/c1-13-6-11-18(25-12-13)27-23(30)14-7-9-15(10-8-14)26-20-19(24)21(28)16-4-2-3-5-17(16)22(20)29/h2-12,26H,1H3,(H,25,27,30). The van der Waals surface area contributed by atoms with Gasteiger partial charge in [-0.05, 0) is 42.8 Å². The Balaban J connectivity index is 1.51. The number of nitrogens with one attached hydrogen (secondary N) is 2. The smallest absolute Gasteiger partial charge is 0.256 e. The monoisotopic (exact) mass is 417 g/mol. The molecule has 0 saturated heterocycles. The molecule has 3 aromatic rings. The molecule has 0 spiro atoms. The molecule has 148 valence electrons. The molecule has 0 aliphatic heterocycles. The van der Waals surface area contributed by atoms with Crippen molar-refractivity contribution in [3.63, 3.8) is 0 Å². The number of fused-ring (bicyclic) bond motifs is 1. The molecule has 0 atom stereocenters. The van der Waals surface area contributed by atoms with Crippen LogP contribution >= 0.6 is 11.6 Å². The van der Waals surface area contributed by atoms with Gasteiger partial charge in [-0.15, -0.1) is 0 Å². The van der Waals surface area contributed by atoms with Crippen LogP contribution in [-0.4, -0.2) is 22.5 Å². The molecule has 1 aliphatic rings. The van der Waals surface area contributed by atoms with Gasteiger partial charge in [-0.25, -0.2) is 4.98 Å². The van der Waals surface area contributed by atoms with Crippen LogP contribution in [0.2, 0.25) is 0 Å². The van der Waals surface area contributed by atoms with Gasteiger partial charge in [-0.3, -0.25) is 14.4 Å². The lowest BCUT2D eigenvalue weighted by Gasteiger charge is -2.19. The predicted molar refractivity (Wildman–Crippen MR) is 115 cm³/mol. The van der Waals surface area contributed by atoms with Crippen molar-refractivity contribution in [1.29, 1.82) is 0 Å². The van der Waals surface area contributed by atoms with Gasteiger partial charge in [0.2, 0.25) is 11.6 Å². The number of carbonyl (C=O) groups excluding carboxylic acids is 3. The summed E-state index contributed by atoms with van der Waals surface area (Å²) in [6.45, 7) is 1.91. The molecule has 4 rings (SSSR count). The van der Waals surface area contributed by atoms with E-state index in [4.69, 9.17) is 11.6 Å². The van der Waals surface area contributed by atoms with E-state index < -0.39 is 5.78 Å². The Morgan fingerprint density at radius 1 is 0.900 bits per heavy atom. The zero-order chi connectivity index (χ0) is 21.3. The second-order valence-electron chi connectivity index (χ2n) is 6.77. The number of ketones is 2. The summed E-state index contributed by atoms with van der Waals surface area (Å²) in [5.41, 5.74) is 2.54. The van der Waals surface area contributed by atoms with Crippen molar-refractivity contribution < 1.29 is 14.4 Å². The van der Waals surface area contributed by atoms with Crippen molar-refractivity contribution >= 4 is 40.6 Å². The third-order valence-electron chi connectivity index (χ3n) is 4.63. The fraction of sp³-hybridized carbons (Fsp3) is 0.0435. The molecule has 0 bridgehead atoms. The summed E-state index contributed by atoms with van der Waals surface area (Å²) in [5.74, 6) is -0.624. The Morgan fingerprint density at radius 3 is 2.20 bits per heavy atom.